The number of benzene rings is 1. The van der Waals surface area contributed by atoms with Gasteiger partial charge in [0.2, 0.25) is 0 Å². The van der Waals surface area contributed by atoms with E-state index in [0.717, 1.165) is 11.3 Å². The molecule has 0 N–H and O–H groups in total. The second kappa shape index (κ2) is 3.11. The molecule has 1 aromatic carbocycles. The largest absolute Gasteiger partial charge is 0.364 e. The minimum Gasteiger partial charge on any atom is -0.364 e. The van der Waals surface area contributed by atoms with Crippen molar-refractivity contribution < 1.29 is 4.52 Å². The molecule has 3 heteroatoms. The van der Waals surface area contributed by atoms with Crippen LogP contribution in [0, 0.1) is 11.3 Å². The summed E-state index contributed by atoms with van der Waals surface area (Å²) in [5, 5.41) is 12.4. The van der Waals surface area contributed by atoms with E-state index in [2.05, 4.69) is 11.2 Å². The van der Waals surface area contributed by atoms with Gasteiger partial charge in [-0.1, -0.05) is 17.3 Å². The Morgan fingerprint density at radius 2 is 1.92 bits per heavy atom. The fourth-order valence-corrected chi connectivity index (χ4v) is 1.08. The van der Waals surface area contributed by atoms with Gasteiger partial charge in [0.15, 0.2) is 0 Å². The van der Waals surface area contributed by atoms with Gasteiger partial charge in [-0.2, -0.15) is 5.26 Å². The Morgan fingerprint density at radius 1 is 1.15 bits per heavy atom. The van der Waals surface area contributed by atoms with Crippen LogP contribution in [0.2, 0.25) is 0 Å². The predicted octanol–water partition coefficient (Wildman–Crippen LogP) is 2.21. The van der Waals surface area contributed by atoms with Gasteiger partial charge in [-0.05, 0) is 12.1 Å². The zero-order chi connectivity index (χ0) is 9.10. The summed E-state index contributed by atoms with van der Waals surface area (Å²) in [4.78, 5) is 0. The average molecular weight is 170 g/mol. The fraction of sp³-hybridized carbons (Fsp3) is 0. The fourth-order valence-electron chi connectivity index (χ4n) is 1.08. The number of nitrogens with zero attached hydrogens (tertiary/aromatic N) is 2. The molecule has 0 aliphatic carbocycles. The number of hydrogen-bond donors (Lipinski definition) is 0. The third kappa shape index (κ3) is 1.42. The second-order valence-electron chi connectivity index (χ2n) is 2.57. The highest BCUT2D eigenvalue weighted by atomic mass is 16.5. The highest BCUT2D eigenvalue weighted by Crippen LogP contribution is 2.16. The topological polar surface area (TPSA) is 49.8 Å². The molecule has 0 amide bonds. The summed E-state index contributed by atoms with van der Waals surface area (Å²) in [6, 6.07) is 11.0. The summed E-state index contributed by atoms with van der Waals surface area (Å²) in [5.74, 6) is 0. The summed E-state index contributed by atoms with van der Waals surface area (Å²) in [6.45, 7) is 0. The van der Waals surface area contributed by atoms with Crippen molar-refractivity contribution in [3.05, 3.63) is 42.2 Å². The lowest BCUT2D eigenvalue weighted by Crippen LogP contribution is -1.77. The van der Waals surface area contributed by atoms with E-state index in [-0.39, 0.29) is 0 Å². The van der Waals surface area contributed by atoms with Crippen LogP contribution in [-0.2, 0) is 0 Å². The Hall–Kier alpha value is -2.08. The third-order valence-corrected chi connectivity index (χ3v) is 1.75. The van der Waals surface area contributed by atoms with Gasteiger partial charge in [0, 0.05) is 11.6 Å². The molecule has 1 aromatic heterocycles. The summed E-state index contributed by atoms with van der Waals surface area (Å²) < 4.78 is 4.71. The Morgan fingerprint density at radius 3 is 2.46 bits per heavy atom. The minimum absolute atomic E-state index is 0.646. The van der Waals surface area contributed by atoms with Crippen LogP contribution in [0.25, 0.3) is 11.3 Å². The standard InChI is InChI=1S/C10H6N2O/c11-7-8-1-3-9(4-2-8)10-5-6-13-12-10/h1-6H. The van der Waals surface area contributed by atoms with Gasteiger partial charge >= 0.3 is 0 Å². The van der Waals surface area contributed by atoms with Crippen molar-refractivity contribution in [3.8, 4) is 17.3 Å². The van der Waals surface area contributed by atoms with Crippen LogP contribution in [0.4, 0.5) is 0 Å². The normalized spacial score (nSPS) is 9.46. The molecule has 0 spiro atoms. The molecule has 0 bridgehead atoms. The number of hydrogen-bond acceptors (Lipinski definition) is 3. The first kappa shape index (κ1) is 7.56. The van der Waals surface area contributed by atoms with E-state index in [1.807, 2.05) is 12.1 Å². The van der Waals surface area contributed by atoms with Crippen molar-refractivity contribution in [2.75, 3.05) is 0 Å². The predicted molar refractivity (Wildman–Crippen MR) is 46.7 cm³/mol. The SMILES string of the molecule is N#Cc1ccc(-c2ccon2)cc1. The van der Waals surface area contributed by atoms with Crippen LogP contribution >= 0.6 is 0 Å². The molecule has 0 radical (unpaired) electrons. The second-order valence-corrected chi connectivity index (χ2v) is 2.57. The average Bonchev–Trinajstić information content (AvgIpc) is 2.71. The Labute approximate surface area is 75.2 Å². The first-order valence-corrected chi connectivity index (χ1v) is 3.81. The summed E-state index contributed by atoms with van der Waals surface area (Å²) >= 11 is 0. The first-order valence-electron chi connectivity index (χ1n) is 3.81. The van der Waals surface area contributed by atoms with E-state index in [0.29, 0.717) is 5.56 Å². The zero-order valence-electron chi connectivity index (χ0n) is 6.77. The monoisotopic (exact) mass is 170 g/mol. The Kier molecular flexibility index (Phi) is 1.81. The van der Waals surface area contributed by atoms with E-state index in [4.69, 9.17) is 9.78 Å². The Bertz CT molecular complexity index is 423. The maximum atomic E-state index is 8.57. The Balaban J connectivity index is 2.40. The van der Waals surface area contributed by atoms with Gasteiger partial charge in [-0.15, -0.1) is 0 Å². The van der Waals surface area contributed by atoms with Crippen molar-refractivity contribution in [1.29, 1.82) is 5.26 Å². The third-order valence-electron chi connectivity index (χ3n) is 1.75. The number of aromatic nitrogens is 1. The van der Waals surface area contributed by atoms with Gasteiger partial charge in [0.25, 0.3) is 0 Å². The highest BCUT2D eigenvalue weighted by molar-refractivity contribution is 5.59. The molecule has 1 heterocycles. The van der Waals surface area contributed by atoms with E-state index < -0.39 is 0 Å². The van der Waals surface area contributed by atoms with Crippen LogP contribution in [0.15, 0.2) is 41.1 Å². The molecule has 0 atom stereocenters. The maximum absolute atomic E-state index is 8.57. The van der Waals surface area contributed by atoms with Gasteiger partial charge in [-0.25, -0.2) is 0 Å². The van der Waals surface area contributed by atoms with E-state index in [1.54, 1.807) is 18.2 Å². The summed E-state index contributed by atoms with van der Waals surface area (Å²) in [5.41, 5.74) is 2.38. The highest BCUT2D eigenvalue weighted by Gasteiger charge is 1.99. The van der Waals surface area contributed by atoms with Gasteiger partial charge in [-0.3, -0.25) is 0 Å². The van der Waals surface area contributed by atoms with Crippen molar-refractivity contribution in [2.45, 2.75) is 0 Å². The quantitative estimate of drug-likeness (QED) is 0.659. The molecule has 2 rings (SSSR count). The van der Waals surface area contributed by atoms with Crippen LogP contribution in [0.5, 0.6) is 0 Å². The number of rotatable bonds is 1. The lowest BCUT2D eigenvalue weighted by molar-refractivity contribution is 0.422. The van der Waals surface area contributed by atoms with Crippen molar-refractivity contribution in [1.82, 2.24) is 5.16 Å². The van der Waals surface area contributed by atoms with Crippen LogP contribution < -0.4 is 0 Å². The van der Waals surface area contributed by atoms with Gasteiger partial charge < -0.3 is 4.52 Å². The molecule has 62 valence electrons. The molecule has 0 saturated carbocycles. The van der Waals surface area contributed by atoms with E-state index in [9.17, 15) is 0 Å². The van der Waals surface area contributed by atoms with Gasteiger partial charge in [0.05, 0.1) is 11.6 Å². The molecule has 0 aliphatic rings. The first-order chi connectivity index (χ1) is 6.40. The molecule has 13 heavy (non-hydrogen) atoms. The molecule has 0 aliphatic heterocycles. The molecular formula is C10H6N2O. The summed E-state index contributed by atoms with van der Waals surface area (Å²) in [7, 11) is 0. The molecule has 0 unspecified atom stereocenters. The molecule has 0 fully saturated rings. The minimum atomic E-state index is 0.646. The van der Waals surface area contributed by atoms with Crippen molar-refractivity contribution >= 4 is 0 Å². The zero-order valence-corrected chi connectivity index (χ0v) is 6.77. The smallest absolute Gasteiger partial charge is 0.124 e. The van der Waals surface area contributed by atoms with E-state index in [1.165, 1.54) is 6.26 Å². The van der Waals surface area contributed by atoms with Crippen molar-refractivity contribution in [3.63, 3.8) is 0 Å². The summed E-state index contributed by atoms with van der Waals surface area (Å²) in [6.07, 6.45) is 1.52. The lowest BCUT2D eigenvalue weighted by atomic mass is 10.1. The maximum Gasteiger partial charge on any atom is 0.124 e. The molecule has 3 nitrogen and oxygen atoms in total. The van der Waals surface area contributed by atoms with Crippen molar-refractivity contribution in [2.24, 2.45) is 0 Å². The molecule has 2 aromatic rings. The van der Waals surface area contributed by atoms with E-state index >= 15 is 0 Å². The number of nitriles is 1. The van der Waals surface area contributed by atoms with Crippen LogP contribution in [0.3, 0.4) is 0 Å². The van der Waals surface area contributed by atoms with Crippen LogP contribution in [0.1, 0.15) is 5.56 Å². The molecule has 0 saturated heterocycles. The molecular weight excluding hydrogens is 164 g/mol. The lowest BCUT2D eigenvalue weighted by Gasteiger charge is -1.93. The van der Waals surface area contributed by atoms with Gasteiger partial charge in [0.1, 0.15) is 12.0 Å². The van der Waals surface area contributed by atoms with Crippen LogP contribution in [-0.4, -0.2) is 5.16 Å².